The summed E-state index contributed by atoms with van der Waals surface area (Å²) in [6.07, 6.45) is 3.68. The lowest BCUT2D eigenvalue weighted by molar-refractivity contribution is 0.0955. The number of thiophene rings is 1. The summed E-state index contributed by atoms with van der Waals surface area (Å²) in [6.45, 7) is 2.05. The van der Waals surface area contributed by atoms with E-state index >= 15 is 0 Å². The number of amides is 1. The van der Waals surface area contributed by atoms with Crippen LogP contribution in [0, 0.1) is 6.92 Å². The van der Waals surface area contributed by atoms with E-state index in [0.29, 0.717) is 10.6 Å². The number of benzene rings is 1. The first-order valence-corrected chi connectivity index (χ1v) is 8.26. The van der Waals surface area contributed by atoms with Gasteiger partial charge in [0.15, 0.2) is 0 Å². The summed E-state index contributed by atoms with van der Waals surface area (Å²) in [5, 5.41) is 4.40. The van der Waals surface area contributed by atoms with Gasteiger partial charge in [-0.2, -0.15) is 5.10 Å². The highest BCUT2D eigenvalue weighted by atomic mass is 35.5. The number of thioether (sulfide) groups is 1. The molecule has 0 aliphatic heterocycles. The van der Waals surface area contributed by atoms with E-state index in [0.717, 1.165) is 5.56 Å². The zero-order chi connectivity index (χ0) is 14.5. The molecule has 0 atom stereocenters. The van der Waals surface area contributed by atoms with Crippen LogP contribution < -0.4 is 5.43 Å². The third-order valence-electron chi connectivity index (χ3n) is 2.52. The average Bonchev–Trinajstić information content (AvgIpc) is 2.79. The Kier molecular flexibility index (Phi) is 5.23. The van der Waals surface area contributed by atoms with E-state index in [9.17, 15) is 4.79 Å². The smallest absolute Gasteiger partial charge is 0.267 e. The van der Waals surface area contributed by atoms with Crippen LogP contribution in [0.1, 0.15) is 20.8 Å². The maximum absolute atomic E-state index is 11.9. The molecule has 1 amide bonds. The van der Waals surface area contributed by atoms with Gasteiger partial charge in [-0.25, -0.2) is 5.43 Å². The molecule has 0 saturated carbocycles. The van der Waals surface area contributed by atoms with Crippen molar-refractivity contribution in [3.05, 3.63) is 51.4 Å². The highest BCUT2D eigenvalue weighted by Gasteiger charge is 2.08. The highest BCUT2D eigenvalue weighted by Crippen LogP contribution is 2.28. The summed E-state index contributed by atoms with van der Waals surface area (Å²) in [5.74, 6) is -0.315. The molecular weight excluding hydrogens is 312 g/mol. The zero-order valence-corrected chi connectivity index (χ0v) is 13.4. The Morgan fingerprint density at radius 1 is 1.45 bits per heavy atom. The molecule has 0 aliphatic carbocycles. The molecule has 2 aromatic rings. The standard InChI is InChI=1S/C14H13ClN2OS2/c1-9-7-10(14(19-2)20-9)8-16-17-13(18)11-5-3-4-6-12(11)15/h3-8H,1-2H3,(H,17,18)/b16-8-. The fraction of sp³-hybridized carbons (Fsp3) is 0.143. The van der Waals surface area contributed by atoms with Crippen LogP contribution in [0.4, 0.5) is 0 Å². The van der Waals surface area contributed by atoms with Crippen LogP contribution in [0.5, 0.6) is 0 Å². The number of hydrogen-bond acceptors (Lipinski definition) is 4. The van der Waals surface area contributed by atoms with E-state index in [-0.39, 0.29) is 5.91 Å². The second-order valence-electron chi connectivity index (χ2n) is 3.98. The molecule has 0 saturated heterocycles. The van der Waals surface area contributed by atoms with E-state index < -0.39 is 0 Å². The number of nitrogens with zero attached hydrogens (tertiary/aromatic N) is 1. The molecule has 0 bridgehead atoms. The first-order valence-electron chi connectivity index (χ1n) is 5.84. The monoisotopic (exact) mass is 324 g/mol. The Balaban J connectivity index is 2.06. The van der Waals surface area contributed by atoms with Crippen molar-refractivity contribution in [2.24, 2.45) is 5.10 Å². The maximum atomic E-state index is 11.9. The molecule has 0 radical (unpaired) electrons. The number of carbonyl (C=O) groups excluding carboxylic acids is 1. The van der Waals surface area contributed by atoms with Gasteiger partial charge in [-0.05, 0) is 31.4 Å². The first kappa shape index (κ1) is 15.1. The molecule has 6 heteroatoms. The molecule has 1 aromatic heterocycles. The number of hydrogen-bond donors (Lipinski definition) is 1. The highest BCUT2D eigenvalue weighted by molar-refractivity contribution is 8.00. The number of halogens is 1. The summed E-state index contributed by atoms with van der Waals surface area (Å²) in [7, 11) is 0. The number of aryl methyl sites for hydroxylation is 1. The Hall–Kier alpha value is -1.30. The van der Waals surface area contributed by atoms with Crippen LogP contribution in [0.25, 0.3) is 0 Å². The van der Waals surface area contributed by atoms with Crippen molar-refractivity contribution in [2.45, 2.75) is 11.1 Å². The van der Waals surface area contributed by atoms with E-state index in [1.54, 1.807) is 53.6 Å². The predicted octanol–water partition coefficient (Wildman–Crippen LogP) is 4.20. The Bertz CT molecular complexity index is 652. The van der Waals surface area contributed by atoms with Gasteiger partial charge in [0.1, 0.15) is 0 Å². The molecule has 1 heterocycles. The van der Waals surface area contributed by atoms with E-state index in [1.165, 1.54) is 9.09 Å². The third kappa shape index (κ3) is 3.62. The van der Waals surface area contributed by atoms with Gasteiger partial charge in [0, 0.05) is 10.4 Å². The minimum atomic E-state index is -0.315. The normalized spacial score (nSPS) is 10.9. The molecule has 1 aromatic carbocycles. The zero-order valence-electron chi connectivity index (χ0n) is 11.0. The van der Waals surface area contributed by atoms with Gasteiger partial charge in [0.25, 0.3) is 5.91 Å². The first-order chi connectivity index (χ1) is 9.61. The van der Waals surface area contributed by atoms with Crippen molar-refractivity contribution < 1.29 is 4.79 Å². The van der Waals surface area contributed by atoms with E-state index in [4.69, 9.17) is 11.6 Å². The van der Waals surface area contributed by atoms with Gasteiger partial charge in [-0.3, -0.25) is 4.79 Å². The van der Waals surface area contributed by atoms with Gasteiger partial charge >= 0.3 is 0 Å². The molecule has 2 rings (SSSR count). The molecule has 20 heavy (non-hydrogen) atoms. The second kappa shape index (κ2) is 6.92. The van der Waals surface area contributed by atoms with E-state index in [2.05, 4.69) is 10.5 Å². The van der Waals surface area contributed by atoms with Crippen molar-refractivity contribution in [3.63, 3.8) is 0 Å². The lowest BCUT2D eigenvalue weighted by Gasteiger charge is -2.01. The van der Waals surface area contributed by atoms with Crippen molar-refractivity contribution in [1.82, 2.24) is 5.43 Å². The fourth-order valence-electron chi connectivity index (χ4n) is 1.63. The van der Waals surface area contributed by atoms with Crippen molar-refractivity contribution in [3.8, 4) is 0 Å². The molecule has 0 spiro atoms. The third-order valence-corrected chi connectivity index (χ3v) is 5.07. The van der Waals surface area contributed by atoms with Crippen molar-refractivity contribution in [1.29, 1.82) is 0 Å². The molecule has 3 nitrogen and oxygen atoms in total. The van der Waals surface area contributed by atoms with Gasteiger partial charge in [0.2, 0.25) is 0 Å². The summed E-state index contributed by atoms with van der Waals surface area (Å²) >= 11 is 9.33. The fourth-order valence-corrected chi connectivity index (χ4v) is 3.63. The molecule has 1 N–H and O–H groups in total. The van der Waals surface area contributed by atoms with Crippen LogP contribution >= 0.6 is 34.7 Å². The van der Waals surface area contributed by atoms with Gasteiger partial charge < -0.3 is 0 Å². The molecule has 104 valence electrons. The second-order valence-corrected chi connectivity index (χ2v) is 6.72. The average molecular weight is 325 g/mol. The largest absolute Gasteiger partial charge is 0.272 e. The van der Waals surface area contributed by atoms with Crippen LogP contribution in [0.2, 0.25) is 5.02 Å². The summed E-state index contributed by atoms with van der Waals surface area (Å²) in [4.78, 5) is 13.1. The van der Waals surface area contributed by atoms with Gasteiger partial charge in [0.05, 0.1) is 21.0 Å². The summed E-state index contributed by atoms with van der Waals surface area (Å²) in [5.41, 5.74) is 3.92. The van der Waals surface area contributed by atoms with Crippen molar-refractivity contribution >= 4 is 46.8 Å². The Morgan fingerprint density at radius 2 is 2.20 bits per heavy atom. The maximum Gasteiger partial charge on any atom is 0.272 e. The topological polar surface area (TPSA) is 41.5 Å². The number of carbonyl (C=O) groups is 1. The molecular formula is C14H13ClN2OS2. The lowest BCUT2D eigenvalue weighted by atomic mass is 10.2. The molecule has 0 fully saturated rings. The summed E-state index contributed by atoms with van der Waals surface area (Å²) < 4.78 is 1.18. The minimum Gasteiger partial charge on any atom is -0.267 e. The predicted molar refractivity (Wildman–Crippen MR) is 87.3 cm³/mol. The van der Waals surface area contributed by atoms with Crippen LogP contribution in [0.3, 0.4) is 0 Å². The number of rotatable bonds is 4. The van der Waals surface area contributed by atoms with Crippen molar-refractivity contribution in [2.75, 3.05) is 6.26 Å². The van der Waals surface area contributed by atoms with Crippen LogP contribution in [-0.2, 0) is 0 Å². The SMILES string of the molecule is CSc1sc(C)cc1/C=N\NC(=O)c1ccccc1Cl. The number of nitrogens with one attached hydrogen (secondary N) is 1. The number of hydrazone groups is 1. The minimum absolute atomic E-state index is 0.315. The van der Waals surface area contributed by atoms with Gasteiger partial charge in [-0.15, -0.1) is 23.1 Å². The van der Waals surface area contributed by atoms with Gasteiger partial charge in [-0.1, -0.05) is 23.7 Å². The van der Waals surface area contributed by atoms with E-state index in [1.807, 2.05) is 19.2 Å². The molecule has 0 aliphatic rings. The lowest BCUT2D eigenvalue weighted by Crippen LogP contribution is -2.17. The Labute approximate surface area is 131 Å². The molecule has 0 unspecified atom stereocenters. The van der Waals surface area contributed by atoms with Crippen LogP contribution in [-0.4, -0.2) is 18.4 Å². The Morgan fingerprint density at radius 3 is 2.90 bits per heavy atom. The summed E-state index contributed by atoms with van der Waals surface area (Å²) in [6, 6.07) is 8.92. The quantitative estimate of drug-likeness (QED) is 0.520. The van der Waals surface area contributed by atoms with Crippen LogP contribution in [0.15, 0.2) is 39.6 Å².